The Labute approximate surface area is 101 Å². The van der Waals surface area contributed by atoms with Crippen molar-refractivity contribution in [3.8, 4) is 0 Å². The highest BCUT2D eigenvalue weighted by atomic mass is 32.2. The predicted molar refractivity (Wildman–Crippen MR) is 68.7 cm³/mol. The van der Waals surface area contributed by atoms with E-state index in [0.29, 0.717) is 11.4 Å². The van der Waals surface area contributed by atoms with Crippen LogP contribution < -0.4 is 5.73 Å². The van der Waals surface area contributed by atoms with Crippen LogP contribution in [0.3, 0.4) is 0 Å². The predicted octanol–water partition coefficient (Wildman–Crippen LogP) is 1.70. The molecular weight excluding hydrogens is 242 g/mol. The van der Waals surface area contributed by atoms with E-state index in [0.717, 1.165) is 23.3 Å². The minimum Gasteiger partial charge on any atom is -0.330 e. The van der Waals surface area contributed by atoms with Crippen LogP contribution in [0.25, 0.3) is 0 Å². The molecule has 0 saturated carbocycles. The van der Waals surface area contributed by atoms with Gasteiger partial charge in [0.2, 0.25) is 0 Å². The van der Waals surface area contributed by atoms with Gasteiger partial charge in [-0.05, 0) is 43.3 Å². The summed E-state index contributed by atoms with van der Waals surface area (Å²) in [6.45, 7) is 0.655. The van der Waals surface area contributed by atoms with Crippen molar-refractivity contribution < 1.29 is 8.42 Å². The van der Waals surface area contributed by atoms with Gasteiger partial charge in [-0.1, -0.05) is 6.07 Å². The van der Waals surface area contributed by atoms with Crippen LogP contribution in [0.15, 0.2) is 28.0 Å². The van der Waals surface area contributed by atoms with Crippen molar-refractivity contribution in [2.45, 2.75) is 22.6 Å². The lowest BCUT2D eigenvalue weighted by Crippen LogP contribution is -2.02. The van der Waals surface area contributed by atoms with Gasteiger partial charge in [-0.15, -0.1) is 11.8 Å². The third-order valence-electron chi connectivity index (χ3n) is 2.30. The van der Waals surface area contributed by atoms with Gasteiger partial charge >= 0.3 is 0 Å². The summed E-state index contributed by atoms with van der Waals surface area (Å²) in [6.07, 6.45) is 4.94. The standard InChI is InChI=1S/C11H17NO2S2/c1-15-10-8-9(4-3-7-12)5-6-11(10)16(2,13)14/h5-6,8H,3-4,7,12H2,1-2H3. The Morgan fingerprint density at radius 3 is 2.56 bits per heavy atom. The fourth-order valence-electron chi connectivity index (χ4n) is 1.48. The molecule has 0 heterocycles. The molecule has 0 aliphatic carbocycles. The fraction of sp³-hybridized carbons (Fsp3) is 0.455. The molecule has 0 fully saturated rings. The van der Waals surface area contributed by atoms with Gasteiger partial charge in [0.05, 0.1) is 4.90 Å². The third-order valence-corrected chi connectivity index (χ3v) is 4.36. The van der Waals surface area contributed by atoms with Crippen LogP contribution in [-0.4, -0.2) is 27.5 Å². The van der Waals surface area contributed by atoms with Crippen molar-refractivity contribution >= 4 is 21.6 Å². The quantitative estimate of drug-likeness (QED) is 0.818. The van der Waals surface area contributed by atoms with E-state index in [4.69, 9.17) is 5.73 Å². The number of benzene rings is 1. The zero-order valence-corrected chi connectivity index (χ0v) is 11.2. The zero-order valence-electron chi connectivity index (χ0n) is 9.56. The Morgan fingerprint density at radius 1 is 1.38 bits per heavy atom. The topological polar surface area (TPSA) is 60.2 Å². The lowest BCUT2D eigenvalue weighted by atomic mass is 10.1. The molecule has 16 heavy (non-hydrogen) atoms. The second-order valence-corrected chi connectivity index (χ2v) is 6.48. The molecule has 0 unspecified atom stereocenters. The van der Waals surface area contributed by atoms with Crippen LogP contribution in [0.1, 0.15) is 12.0 Å². The first-order valence-electron chi connectivity index (χ1n) is 5.06. The summed E-state index contributed by atoms with van der Waals surface area (Å²) in [7, 11) is -3.13. The monoisotopic (exact) mass is 259 g/mol. The van der Waals surface area contributed by atoms with Gasteiger partial charge in [0.25, 0.3) is 0 Å². The molecule has 5 heteroatoms. The maximum absolute atomic E-state index is 11.5. The molecule has 0 atom stereocenters. The second-order valence-electron chi connectivity index (χ2n) is 3.65. The Kier molecular flexibility index (Phi) is 4.83. The van der Waals surface area contributed by atoms with Gasteiger partial charge < -0.3 is 5.73 Å². The zero-order chi connectivity index (χ0) is 12.2. The number of sulfone groups is 1. The van der Waals surface area contributed by atoms with Gasteiger partial charge in [-0.2, -0.15) is 0 Å². The molecule has 0 amide bonds. The second kappa shape index (κ2) is 5.70. The van der Waals surface area contributed by atoms with Crippen molar-refractivity contribution in [3.63, 3.8) is 0 Å². The summed E-state index contributed by atoms with van der Waals surface area (Å²) in [4.78, 5) is 1.23. The molecule has 1 rings (SSSR count). The molecule has 0 radical (unpaired) electrons. The summed E-state index contributed by atoms with van der Waals surface area (Å²) in [6, 6.07) is 5.50. The van der Waals surface area contributed by atoms with E-state index in [2.05, 4.69) is 0 Å². The van der Waals surface area contributed by atoms with Gasteiger partial charge in [-0.3, -0.25) is 0 Å². The van der Waals surface area contributed by atoms with E-state index >= 15 is 0 Å². The molecule has 0 aliphatic heterocycles. The smallest absolute Gasteiger partial charge is 0.176 e. The van der Waals surface area contributed by atoms with E-state index in [1.807, 2.05) is 18.4 Å². The number of hydrogen-bond acceptors (Lipinski definition) is 4. The Hall–Kier alpha value is -0.520. The van der Waals surface area contributed by atoms with Crippen LogP contribution in [0, 0.1) is 0 Å². The summed E-state index contributed by atoms with van der Waals surface area (Å²) in [5, 5.41) is 0. The van der Waals surface area contributed by atoms with Crippen molar-refractivity contribution in [3.05, 3.63) is 23.8 Å². The van der Waals surface area contributed by atoms with Crippen molar-refractivity contribution in [2.75, 3.05) is 19.1 Å². The number of thioether (sulfide) groups is 1. The Morgan fingerprint density at radius 2 is 2.06 bits per heavy atom. The van der Waals surface area contributed by atoms with Crippen LogP contribution >= 0.6 is 11.8 Å². The first-order valence-corrected chi connectivity index (χ1v) is 8.17. The summed E-state index contributed by atoms with van der Waals surface area (Å²) in [5.74, 6) is 0. The molecule has 0 aromatic heterocycles. The average Bonchev–Trinajstić information content (AvgIpc) is 2.24. The highest BCUT2D eigenvalue weighted by Gasteiger charge is 2.12. The number of rotatable bonds is 5. The average molecular weight is 259 g/mol. The highest BCUT2D eigenvalue weighted by Crippen LogP contribution is 2.26. The normalized spacial score (nSPS) is 11.7. The lowest BCUT2D eigenvalue weighted by molar-refractivity contribution is 0.600. The highest BCUT2D eigenvalue weighted by molar-refractivity contribution is 7.99. The van der Waals surface area contributed by atoms with E-state index in [1.54, 1.807) is 6.07 Å². The molecule has 3 nitrogen and oxygen atoms in total. The lowest BCUT2D eigenvalue weighted by Gasteiger charge is -2.08. The van der Waals surface area contributed by atoms with E-state index in [9.17, 15) is 8.42 Å². The molecule has 0 aliphatic rings. The molecule has 0 spiro atoms. The maximum atomic E-state index is 11.5. The van der Waals surface area contributed by atoms with Gasteiger partial charge in [0.1, 0.15) is 0 Å². The van der Waals surface area contributed by atoms with Crippen LogP contribution in [0.2, 0.25) is 0 Å². The summed E-state index contributed by atoms with van der Waals surface area (Å²) < 4.78 is 23.0. The van der Waals surface area contributed by atoms with Crippen LogP contribution in [0.5, 0.6) is 0 Å². The minimum absolute atomic E-state index is 0.413. The molecule has 90 valence electrons. The summed E-state index contributed by atoms with van der Waals surface area (Å²) in [5.41, 5.74) is 6.59. The van der Waals surface area contributed by atoms with Crippen molar-refractivity contribution in [2.24, 2.45) is 5.73 Å². The minimum atomic E-state index is -3.13. The molecule has 1 aromatic rings. The largest absolute Gasteiger partial charge is 0.330 e. The SMILES string of the molecule is CSc1cc(CCCN)ccc1S(C)(=O)=O. The first kappa shape index (κ1) is 13.5. The van der Waals surface area contributed by atoms with E-state index < -0.39 is 9.84 Å². The van der Waals surface area contributed by atoms with E-state index in [-0.39, 0.29) is 0 Å². The molecule has 1 aromatic carbocycles. The van der Waals surface area contributed by atoms with Gasteiger partial charge in [-0.25, -0.2) is 8.42 Å². The number of hydrogen-bond donors (Lipinski definition) is 1. The van der Waals surface area contributed by atoms with E-state index in [1.165, 1.54) is 18.0 Å². The molecule has 2 N–H and O–H groups in total. The molecular formula is C11H17NO2S2. The number of nitrogens with two attached hydrogens (primary N) is 1. The third kappa shape index (κ3) is 3.50. The molecule has 0 saturated heterocycles. The molecule has 0 bridgehead atoms. The Balaban J connectivity index is 3.07. The van der Waals surface area contributed by atoms with Crippen LogP contribution in [0.4, 0.5) is 0 Å². The van der Waals surface area contributed by atoms with Crippen LogP contribution in [-0.2, 0) is 16.3 Å². The summed E-state index contributed by atoms with van der Waals surface area (Å²) >= 11 is 1.46. The van der Waals surface area contributed by atoms with Gasteiger partial charge in [0.15, 0.2) is 9.84 Å². The number of aryl methyl sites for hydroxylation is 1. The Bertz CT molecular complexity index is 455. The van der Waals surface area contributed by atoms with Gasteiger partial charge in [0, 0.05) is 11.2 Å². The maximum Gasteiger partial charge on any atom is 0.176 e. The first-order chi connectivity index (χ1) is 7.49. The fourth-order valence-corrected chi connectivity index (χ4v) is 3.46. The van der Waals surface area contributed by atoms with Crippen molar-refractivity contribution in [1.82, 2.24) is 0 Å². The van der Waals surface area contributed by atoms with Crippen molar-refractivity contribution in [1.29, 1.82) is 0 Å².